The van der Waals surface area contributed by atoms with Crippen molar-refractivity contribution in [2.24, 2.45) is 0 Å². The molecule has 0 saturated carbocycles. The van der Waals surface area contributed by atoms with E-state index in [1.165, 1.54) is 0 Å². The van der Waals surface area contributed by atoms with E-state index in [-0.39, 0.29) is 12.1 Å². The van der Waals surface area contributed by atoms with Gasteiger partial charge in [0, 0.05) is 6.07 Å². The summed E-state index contributed by atoms with van der Waals surface area (Å²) in [6, 6.07) is 0.575. The van der Waals surface area contributed by atoms with Crippen molar-refractivity contribution < 1.29 is 36.1 Å². The van der Waals surface area contributed by atoms with E-state index >= 15 is 0 Å². The molecule has 0 aliphatic rings. The second-order valence-electron chi connectivity index (χ2n) is 3.44. The lowest BCUT2D eigenvalue weighted by Crippen LogP contribution is -2.37. The van der Waals surface area contributed by atoms with Crippen molar-refractivity contribution in [3.05, 3.63) is 39.4 Å². The van der Waals surface area contributed by atoms with E-state index in [0.29, 0.717) is 11.4 Å². The van der Waals surface area contributed by atoms with Crippen molar-refractivity contribution >= 4 is 11.6 Å². The van der Waals surface area contributed by atoms with Crippen LogP contribution in [0.25, 0.3) is 0 Å². The van der Waals surface area contributed by atoms with Gasteiger partial charge in [0.15, 0.2) is 0 Å². The van der Waals surface area contributed by atoms with Gasteiger partial charge < -0.3 is 0 Å². The minimum absolute atomic E-state index is 0.00864. The van der Waals surface area contributed by atoms with Crippen molar-refractivity contribution in [3.63, 3.8) is 0 Å². The molecule has 0 aliphatic heterocycles. The van der Waals surface area contributed by atoms with E-state index in [9.17, 15) is 41.3 Å². The first-order valence-electron chi connectivity index (χ1n) is 4.66. The fraction of sp³-hybridized carbons (Fsp3) is 0.222. The molecule has 20 heavy (non-hydrogen) atoms. The summed E-state index contributed by atoms with van der Waals surface area (Å²) in [5.74, 6) is -1.92. The van der Waals surface area contributed by atoms with Crippen LogP contribution in [0.5, 0.6) is 0 Å². The van der Waals surface area contributed by atoms with Crippen LogP contribution in [0.3, 0.4) is 0 Å². The monoisotopic (exact) mass is 302 g/mol. The van der Waals surface area contributed by atoms with Gasteiger partial charge >= 0.3 is 12.5 Å². The maximum absolute atomic E-state index is 12.3. The highest BCUT2D eigenvalue weighted by atomic mass is 19.4. The third-order valence-electron chi connectivity index (χ3n) is 2.02. The summed E-state index contributed by atoms with van der Waals surface area (Å²) in [6.45, 7) is 0. The zero-order valence-electron chi connectivity index (χ0n) is 9.17. The largest absolute Gasteiger partial charge is 0.484 e. The van der Waals surface area contributed by atoms with Gasteiger partial charge in [-0.2, -0.15) is 26.3 Å². The predicted octanol–water partition coefficient (Wildman–Crippen LogP) is 2.86. The molecule has 0 radical (unpaired) electrons. The molecule has 1 rings (SSSR count). The fourth-order valence-electron chi connectivity index (χ4n) is 1.25. The number of alkyl halides is 6. The number of nitrogens with zero attached hydrogens (tertiary/aromatic N) is 1. The molecule has 0 unspecified atom stereocenters. The number of nitro groups is 1. The highest BCUT2D eigenvalue weighted by Gasteiger charge is 2.36. The van der Waals surface area contributed by atoms with Crippen LogP contribution in [0.4, 0.5) is 32.0 Å². The summed E-state index contributed by atoms with van der Waals surface area (Å²) in [5, 5.41) is 11.0. The lowest BCUT2D eigenvalue weighted by molar-refractivity contribution is -0.385. The summed E-state index contributed by atoms with van der Waals surface area (Å²) in [6.07, 6.45) is -10.1. The topological polar surface area (TPSA) is 72.2 Å². The fourth-order valence-corrected chi connectivity index (χ4v) is 1.25. The number of amides is 1. The molecule has 0 atom stereocenters. The molecule has 0 saturated heterocycles. The van der Waals surface area contributed by atoms with E-state index in [2.05, 4.69) is 0 Å². The number of benzene rings is 1. The predicted molar refractivity (Wildman–Crippen MR) is 51.6 cm³/mol. The molecule has 1 N–H and O–H groups in total. The zero-order chi connectivity index (χ0) is 15.7. The highest BCUT2D eigenvalue weighted by molar-refractivity contribution is 5.98. The smallest absolute Gasteiger partial charge is 0.269 e. The maximum atomic E-state index is 12.3. The molecule has 0 fully saturated rings. The van der Waals surface area contributed by atoms with E-state index in [4.69, 9.17) is 0 Å². The van der Waals surface area contributed by atoms with Gasteiger partial charge in [-0.15, -0.1) is 0 Å². The molecule has 1 aromatic rings. The van der Waals surface area contributed by atoms with Crippen LogP contribution in [-0.4, -0.2) is 17.1 Å². The average molecular weight is 302 g/mol. The van der Waals surface area contributed by atoms with Crippen LogP contribution in [0.15, 0.2) is 18.2 Å². The molecule has 0 spiro atoms. The number of carbonyl (C=O) groups excluding carboxylic acids is 1. The third-order valence-corrected chi connectivity index (χ3v) is 2.02. The van der Waals surface area contributed by atoms with Gasteiger partial charge in [0.1, 0.15) is 5.56 Å². The van der Waals surface area contributed by atoms with Gasteiger partial charge in [-0.25, -0.2) is 0 Å². The van der Waals surface area contributed by atoms with Crippen LogP contribution in [0, 0.1) is 10.1 Å². The minimum Gasteiger partial charge on any atom is -0.269 e. The van der Waals surface area contributed by atoms with Crippen molar-refractivity contribution in [2.75, 3.05) is 0 Å². The Morgan fingerprint density at radius 3 is 2.10 bits per heavy atom. The Balaban J connectivity index is 3.28. The number of carbonyl (C=O) groups is 1. The molecular formula is C9H4F6N2O3. The summed E-state index contributed by atoms with van der Waals surface area (Å²) in [4.78, 5) is 20.3. The summed E-state index contributed by atoms with van der Waals surface area (Å²) in [7, 11) is 0. The van der Waals surface area contributed by atoms with Crippen LogP contribution >= 0.6 is 0 Å². The first kappa shape index (κ1) is 15.7. The molecule has 1 aromatic carbocycles. The molecule has 0 aliphatic carbocycles. The van der Waals surface area contributed by atoms with Gasteiger partial charge in [-0.05, 0) is 12.1 Å². The van der Waals surface area contributed by atoms with E-state index < -0.39 is 40.1 Å². The number of nitrogens with one attached hydrogen (secondary N) is 1. The van der Waals surface area contributed by atoms with E-state index in [1.54, 1.807) is 0 Å². The summed E-state index contributed by atoms with van der Waals surface area (Å²) >= 11 is 0. The quantitative estimate of drug-likeness (QED) is 0.395. The van der Waals surface area contributed by atoms with Gasteiger partial charge in [-0.1, -0.05) is 0 Å². The van der Waals surface area contributed by atoms with Crippen molar-refractivity contribution in [1.82, 2.24) is 5.32 Å². The Morgan fingerprint density at radius 1 is 1.15 bits per heavy atom. The second kappa shape index (κ2) is 4.98. The van der Waals surface area contributed by atoms with Crippen molar-refractivity contribution in [3.8, 4) is 0 Å². The summed E-state index contributed by atoms with van der Waals surface area (Å²) < 4.78 is 72.7. The van der Waals surface area contributed by atoms with Crippen molar-refractivity contribution in [1.29, 1.82) is 0 Å². The second-order valence-corrected chi connectivity index (χ2v) is 3.44. The molecule has 0 bridgehead atoms. The molecule has 0 aromatic heterocycles. The standard InChI is InChI=1S/C9H4F6N2O3/c10-8(11,12)4-1-2-5(6(3-4)17(19)20)7(18)16-9(13,14)15/h1-3H,(H,16,18). The molecular weight excluding hydrogens is 298 g/mol. The van der Waals surface area contributed by atoms with Gasteiger partial charge in [0.05, 0.1) is 10.5 Å². The van der Waals surface area contributed by atoms with Crippen LogP contribution in [0.1, 0.15) is 15.9 Å². The lowest BCUT2D eigenvalue weighted by atomic mass is 10.1. The van der Waals surface area contributed by atoms with E-state index in [0.717, 1.165) is 0 Å². The van der Waals surface area contributed by atoms with Gasteiger partial charge in [0.25, 0.3) is 11.6 Å². The van der Waals surface area contributed by atoms with Crippen LogP contribution < -0.4 is 5.32 Å². The minimum atomic E-state index is -5.16. The first-order valence-corrected chi connectivity index (χ1v) is 4.66. The normalized spacial score (nSPS) is 12.1. The van der Waals surface area contributed by atoms with Crippen LogP contribution in [0.2, 0.25) is 0 Å². The number of hydrogen-bond donors (Lipinski definition) is 1. The Hall–Kier alpha value is -2.33. The number of nitro benzene ring substituents is 1. The van der Waals surface area contributed by atoms with Crippen molar-refractivity contribution in [2.45, 2.75) is 12.5 Å². The molecule has 110 valence electrons. The molecule has 1 amide bonds. The first-order chi connectivity index (χ1) is 8.92. The maximum Gasteiger partial charge on any atom is 0.484 e. The third kappa shape index (κ3) is 3.83. The zero-order valence-corrected chi connectivity index (χ0v) is 9.17. The number of hydrogen-bond acceptors (Lipinski definition) is 3. The summed E-state index contributed by atoms with van der Waals surface area (Å²) in [5.41, 5.74) is -3.95. The Bertz CT molecular complexity index is 552. The van der Waals surface area contributed by atoms with Gasteiger partial charge in [0.2, 0.25) is 0 Å². The lowest BCUT2D eigenvalue weighted by Gasteiger charge is -2.10. The Kier molecular flexibility index (Phi) is 3.92. The number of rotatable bonds is 2. The highest BCUT2D eigenvalue weighted by Crippen LogP contribution is 2.33. The molecule has 5 nitrogen and oxygen atoms in total. The number of halogens is 6. The average Bonchev–Trinajstić information content (AvgIpc) is 2.24. The molecule has 0 heterocycles. The Morgan fingerprint density at radius 2 is 1.70 bits per heavy atom. The Labute approximate surface area is 106 Å². The van der Waals surface area contributed by atoms with E-state index in [1.807, 2.05) is 0 Å². The SMILES string of the molecule is O=C(NC(F)(F)F)c1ccc(C(F)(F)F)cc1[N+](=O)[O-]. The van der Waals surface area contributed by atoms with Gasteiger partial charge in [-0.3, -0.25) is 20.2 Å². The van der Waals surface area contributed by atoms with Crippen LogP contribution in [-0.2, 0) is 6.18 Å². The molecule has 11 heteroatoms.